The molecule has 5 amide bonds. The predicted molar refractivity (Wildman–Crippen MR) is 131 cm³/mol. The Kier molecular flexibility index (Phi) is 7.55. The van der Waals surface area contributed by atoms with E-state index in [0.717, 1.165) is 11.4 Å². The van der Waals surface area contributed by atoms with E-state index >= 15 is 0 Å². The van der Waals surface area contributed by atoms with E-state index in [1.807, 2.05) is 5.32 Å². The SMILES string of the molecule is CP(=O)(O)C(C(=O)NC=Cc1ccccc1NC(=O)NC(N)=O)c1csc2ccc(Cl)cc12. The lowest BCUT2D eigenvalue weighted by Crippen LogP contribution is -2.38. The first-order valence-corrected chi connectivity index (χ1v) is 12.9. The summed E-state index contributed by atoms with van der Waals surface area (Å²) in [5, 5.41) is 9.66. The van der Waals surface area contributed by atoms with E-state index in [0.29, 0.717) is 27.2 Å². The predicted octanol–water partition coefficient (Wildman–Crippen LogP) is 4.48. The highest BCUT2D eigenvalue weighted by Crippen LogP contribution is 2.54. The Morgan fingerprint density at radius 1 is 1.21 bits per heavy atom. The van der Waals surface area contributed by atoms with E-state index in [2.05, 4.69) is 10.6 Å². The van der Waals surface area contributed by atoms with Crippen LogP contribution in [0, 0.1) is 0 Å². The van der Waals surface area contributed by atoms with Crippen molar-refractivity contribution in [3.63, 3.8) is 0 Å². The zero-order valence-corrected chi connectivity index (χ0v) is 19.7. The number of para-hydroxylation sites is 1. The number of carbonyl (C=O) groups excluding carboxylic acids is 3. The van der Waals surface area contributed by atoms with Gasteiger partial charge >= 0.3 is 12.1 Å². The lowest BCUT2D eigenvalue weighted by molar-refractivity contribution is -0.120. The second-order valence-electron chi connectivity index (χ2n) is 7.05. The van der Waals surface area contributed by atoms with Gasteiger partial charge in [0.2, 0.25) is 13.3 Å². The van der Waals surface area contributed by atoms with Crippen LogP contribution in [-0.2, 0) is 9.36 Å². The summed E-state index contributed by atoms with van der Waals surface area (Å²) in [6.07, 6.45) is 2.80. The summed E-state index contributed by atoms with van der Waals surface area (Å²) in [7, 11) is -3.89. The van der Waals surface area contributed by atoms with E-state index in [4.69, 9.17) is 17.3 Å². The Labute approximate surface area is 198 Å². The van der Waals surface area contributed by atoms with Gasteiger partial charge in [0, 0.05) is 28.3 Å². The minimum absolute atomic E-state index is 0.347. The van der Waals surface area contributed by atoms with Crippen molar-refractivity contribution in [1.82, 2.24) is 10.6 Å². The molecule has 2 unspecified atom stereocenters. The molecule has 0 radical (unpaired) electrons. The van der Waals surface area contributed by atoms with Gasteiger partial charge in [-0.1, -0.05) is 29.8 Å². The second kappa shape index (κ2) is 10.2. The molecule has 2 atom stereocenters. The lowest BCUT2D eigenvalue weighted by Gasteiger charge is -2.18. The van der Waals surface area contributed by atoms with Gasteiger partial charge < -0.3 is 21.3 Å². The van der Waals surface area contributed by atoms with Crippen LogP contribution >= 0.6 is 30.3 Å². The molecule has 6 N–H and O–H groups in total. The summed E-state index contributed by atoms with van der Waals surface area (Å²) >= 11 is 7.43. The molecule has 2 aromatic carbocycles. The van der Waals surface area contributed by atoms with Crippen molar-refractivity contribution >= 4 is 70.1 Å². The number of thiophene rings is 1. The fraction of sp³-hybridized carbons (Fsp3) is 0.0952. The van der Waals surface area contributed by atoms with Crippen molar-refractivity contribution in [2.75, 3.05) is 12.0 Å². The quantitative estimate of drug-likeness (QED) is 0.312. The molecule has 33 heavy (non-hydrogen) atoms. The summed E-state index contributed by atoms with van der Waals surface area (Å²) in [5.41, 5.74) is 4.89. The number of halogens is 1. The van der Waals surface area contributed by atoms with Gasteiger partial charge in [-0.3, -0.25) is 14.7 Å². The second-order valence-corrected chi connectivity index (χ2v) is 10.8. The number of benzene rings is 2. The van der Waals surface area contributed by atoms with Crippen LogP contribution in [0.2, 0.25) is 5.02 Å². The van der Waals surface area contributed by atoms with E-state index in [-0.39, 0.29) is 0 Å². The lowest BCUT2D eigenvalue weighted by atomic mass is 10.1. The largest absolute Gasteiger partial charge is 0.351 e. The summed E-state index contributed by atoms with van der Waals surface area (Å²) in [5.74, 6) is -0.670. The zero-order chi connectivity index (χ0) is 24.2. The van der Waals surface area contributed by atoms with Crippen molar-refractivity contribution in [2.24, 2.45) is 5.73 Å². The van der Waals surface area contributed by atoms with Crippen molar-refractivity contribution in [3.05, 3.63) is 70.2 Å². The number of urea groups is 2. The number of hydrogen-bond acceptors (Lipinski definition) is 5. The third-order valence-corrected chi connectivity index (χ3v) is 7.21. The Balaban J connectivity index is 1.82. The highest BCUT2D eigenvalue weighted by atomic mass is 35.5. The molecule has 0 fully saturated rings. The molecule has 1 aromatic heterocycles. The number of nitrogens with one attached hydrogen (secondary N) is 3. The number of primary amides is 1. The number of carbonyl (C=O) groups is 3. The molecule has 0 spiro atoms. The smallest absolute Gasteiger partial charge is 0.327 e. The Hall–Kier alpha value is -3.17. The summed E-state index contributed by atoms with van der Waals surface area (Å²) in [4.78, 5) is 45.8. The van der Waals surface area contributed by atoms with E-state index in [1.165, 1.54) is 23.6 Å². The molecule has 0 aliphatic heterocycles. The number of fused-ring (bicyclic) bond motifs is 1. The van der Waals surface area contributed by atoms with Crippen LogP contribution in [0.1, 0.15) is 16.8 Å². The Morgan fingerprint density at radius 2 is 1.94 bits per heavy atom. The summed E-state index contributed by atoms with van der Waals surface area (Å²) < 4.78 is 13.5. The van der Waals surface area contributed by atoms with Crippen LogP contribution in [0.25, 0.3) is 16.2 Å². The standard InChI is InChI=1S/C21H20ClN4O5PS/c1-32(30,31)18(15-11-33-17-7-6-13(22)10-14(15)17)19(27)24-9-8-12-4-2-3-5-16(12)25-21(29)26-20(23)28/h2-11,18H,1H3,(H,24,27)(H,30,31)(H4,23,25,26,28,29). The number of anilines is 1. The molecule has 3 aromatic rings. The van der Waals surface area contributed by atoms with Crippen molar-refractivity contribution < 1.29 is 23.8 Å². The molecule has 3 rings (SSSR count). The van der Waals surface area contributed by atoms with Crippen molar-refractivity contribution in [1.29, 1.82) is 0 Å². The molecule has 0 saturated heterocycles. The monoisotopic (exact) mass is 506 g/mol. The van der Waals surface area contributed by atoms with E-state index in [9.17, 15) is 23.8 Å². The van der Waals surface area contributed by atoms with Crippen molar-refractivity contribution in [2.45, 2.75) is 5.66 Å². The minimum Gasteiger partial charge on any atom is -0.351 e. The zero-order valence-electron chi connectivity index (χ0n) is 17.2. The highest BCUT2D eigenvalue weighted by Gasteiger charge is 2.36. The number of rotatable bonds is 6. The fourth-order valence-electron chi connectivity index (χ4n) is 3.16. The molecular formula is C21H20ClN4O5PS. The van der Waals surface area contributed by atoms with Crippen LogP contribution in [-0.4, -0.2) is 29.5 Å². The first-order chi connectivity index (χ1) is 15.6. The third-order valence-electron chi connectivity index (χ3n) is 4.52. The average Bonchev–Trinajstić information content (AvgIpc) is 3.10. The van der Waals surface area contributed by atoms with Gasteiger partial charge in [-0.15, -0.1) is 11.3 Å². The van der Waals surface area contributed by atoms with Crippen LogP contribution in [0.3, 0.4) is 0 Å². The molecule has 1 heterocycles. The van der Waals surface area contributed by atoms with Crippen LogP contribution in [0.5, 0.6) is 0 Å². The minimum atomic E-state index is -3.89. The maximum atomic E-state index is 12.9. The first-order valence-electron chi connectivity index (χ1n) is 9.46. The van der Waals surface area contributed by atoms with E-state index in [1.54, 1.807) is 47.8 Å². The van der Waals surface area contributed by atoms with Crippen molar-refractivity contribution in [3.8, 4) is 0 Å². The number of imide groups is 1. The van der Waals surface area contributed by atoms with Gasteiger partial charge in [0.05, 0.1) is 0 Å². The van der Waals surface area contributed by atoms with Crippen LogP contribution in [0.4, 0.5) is 15.3 Å². The number of amides is 5. The summed E-state index contributed by atoms with van der Waals surface area (Å²) in [6, 6.07) is 9.95. The maximum Gasteiger partial charge on any atom is 0.327 e. The Bertz CT molecular complexity index is 1300. The molecule has 172 valence electrons. The van der Waals surface area contributed by atoms with Gasteiger partial charge in [-0.05, 0) is 52.2 Å². The molecule has 0 saturated carbocycles. The van der Waals surface area contributed by atoms with Gasteiger partial charge in [0.1, 0.15) is 5.66 Å². The molecule has 0 aliphatic carbocycles. The number of nitrogens with two attached hydrogens (primary N) is 1. The fourth-order valence-corrected chi connectivity index (χ4v) is 5.64. The van der Waals surface area contributed by atoms with Gasteiger partial charge in [0.25, 0.3) is 0 Å². The highest BCUT2D eigenvalue weighted by molar-refractivity contribution is 7.58. The molecule has 9 nitrogen and oxygen atoms in total. The normalized spacial score (nSPS) is 13.9. The Morgan fingerprint density at radius 3 is 2.64 bits per heavy atom. The molecular weight excluding hydrogens is 487 g/mol. The summed E-state index contributed by atoms with van der Waals surface area (Å²) in [6.45, 7) is 1.13. The van der Waals surface area contributed by atoms with Gasteiger partial charge in [0.15, 0.2) is 0 Å². The van der Waals surface area contributed by atoms with E-state index < -0.39 is 31.0 Å². The molecule has 12 heteroatoms. The first kappa shape index (κ1) is 24.5. The number of hydrogen-bond donors (Lipinski definition) is 5. The third kappa shape index (κ3) is 6.21. The molecule has 0 bridgehead atoms. The molecule has 0 aliphatic rings. The maximum absolute atomic E-state index is 12.9. The van der Waals surface area contributed by atoms with Crippen LogP contribution < -0.4 is 21.7 Å². The topological polar surface area (TPSA) is 151 Å². The van der Waals surface area contributed by atoms with Gasteiger partial charge in [-0.2, -0.15) is 0 Å². The van der Waals surface area contributed by atoms with Gasteiger partial charge in [-0.25, -0.2) is 9.59 Å². The average molecular weight is 507 g/mol. The van der Waals surface area contributed by atoms with Crippen LogP contribution in [0.15, 0.2) is 54.0 Å².